The van der Waals surface area contributed by atoms with Crippen LogP contribution in [0, 0.1) is 5.92 Å². The zero-order valence-electron chi connectivity index (χ0n) is 9.66. The lowest BCUT2D eigenvalue weighted by atomic mass is 10.1. The van der Waals surface area contributed by atoms with Gasteiger partial charge in [-0.3, -0.25) is 4.79 Å². The topological polar surface area (TPSA) is 20.3 Å². The van der Waals surface area contributed by atoms with E-state index < -0.39 is 0 Å². The molecule has 0 saturated heterocycles. The summed E-state index contributed by atoms with van der Waals surface area (Å²) in [4.78, 5) is 13.7. The highest BCUT2D eigenvalue weighted by Gasteiger charge is 2.24. The Bertz CT molecular complexity index is 412. The van der Waals surface area contributed by atoms with Gasteiger partial charge >= 0.3 is 0 Å². The molecule has 86 valence electrons. The van der Waals surface area contributed by atoms with Gasteiger partial charge in [-0.2, -0.15) is 0 Å². The van der Waals surface area contributed by atoms with Gasteiger partial charge in [-0.1, -0.05) is 15.9 Å². The van der Waals surface area contributed by atoms with Crippen molar-refractivity contribution in [2.24, 2.45) is 5.92 Å². The second kappa shape index (κ2) is 4.58. The van der Waals surface area contributed by atoms with Crippen molar-refractivity contribution >= 4 is 27.4 Å². The largest absolute Gasteiger partial charge is 0.374 e. The molecule has 1 fully saturated rings. The minimum Gasteiger partial charge on any atom is -0.374 e. The van der Waals surface area contributed by atoms with Crippen molar-refractivity contribution < 1.29 is 4.79 Å². The van der Waals surface area contributed by atoms with Crippen LogP contribution in [0.4, 0.5) is 5.69 Å². The van der Waals surface area contributed by atoms with Crippen molar-refractivity contribution in [3.63, 3.8) is 0 Å². The number of carbonyl (C=O) groups excluding carboxylic acids is 1. The SMILES string of the molecule is CC(=O)c1ccc(Br)cc1N(C)CC1CC1. The monoisotopic (exact) mass is 281 g/mol. The Hall–Kier alpha value is -0.830. The van der Waals surface area contributed by atoms with Gasteiger partial charge < -0.3 is 4.90 Å². The number of anilines is 1. The molecule has 1 aromatic carbocycles. The van der Waals surface area contributed by atoms with Crippen LogP contribution in [0.5, 0.6) is 0 Å². The average molecular weight is 282 g/mol. The highest BCUT2D eigenvalue weighted by molar-refractivity contribution is 9.10. The van der Waals surface area contributed by atoms with Crippen LogP contribution in [0.1, 0.15) is 30.1 Å². The Balaban J connectivity index is 2.27. The smallest absolute Gasteiger partial charge is 0.161 e. The normalized spacial score (nSPS) is 14.9. The van der Waals surface area contributed by atoms with Gasteiger partial charge in [0.15, 0.2) is 5.78 Å². The quantitative estimate of drug-likeness (QED) is 0.788. The third-order valence-electron chi connectivity index (χ3n) is 2.98. The van der Waals surface area contributed by atoms with Crippen LogP contribution >= 0.6 is 15.9 Å². The molecule has 1 saturated carbocycles. The molecule has 0 N–H and O–H groups in total. The molecule has 0 heterocycles. The van der Waals surface area contributed by atoms with Crippen molar-refractivity contribution in [1.82, 2.24) is 0 Å². The van der Waals surface area contributed by atoms with Gasteiger partial charge in [-0.25, -0.2) is 0 Å². The van der Waals surface area contributed by atoms with E-state index in [0.29, 0.717) is 0 Å². The molecular weight excluding hydrogens is 266 g/mol. The number of nitrogens with zero attached hydrogens (tertiary/aromatic N) is 1. The maximum Gasteiger partial charge on any atom is 0.161 e. The second-order valence-corrected chi connectivity index (χ2v) is 5.46. The fourth-order valence-corrected chi connectivity index (χ4v) is 2.25. The number of carbonyl (C=O) groups is 1. The van der Waals surface area contributed by atoms with Gasteiger partial charge in [0, 0.05) is 29.3 Å². The molecule has 0 atom stereocenters. The number of ketones is 1. The summed E-state index contributed by atoms with van der Waals surface area (Å²) in [7, 11) is 2.06. The molecule has 16 heavy (non-hydrogen) atoms. The summed E-state index contributed by atoms with van der Waals surface area (Å²) in [6.07, 6.45) is 2.65. The van der Waals surface area contributed by atoms with Gasteiger partial charge in [0.1, 0.15) is 0 Å². The van der Waals surface area contributed by atoms with E-state index in [0.717, 1.165) is 28.2 Å². The van der Waals surface area contributed by atoms with E-state index in [2.05, 4.69) is 27.9 Å². The number of Topliss-reactive ketones (excluding diaryl/α,β-unsaturated/α-hetero) is 1. The van der Waals surface area contributed by atoms with E-state index in [1.54, 1.807) is 6.92 Å². The minimum absolute atomic E-state index is 0.130. The van der Waals surface area contributed by atoms with Crippen LogP contribution in [0.3, 0.4) is 0 Å². The average Bonchev–Trinajstić information content (AvgIpc) is 3.01. The molecule has 0 unspecified atom stereocenters. The van der Waals surface area contributed by atoms with Crippen molar-refractivity contribution in [2.75, 3.05) is 18.5 Å². The van der Waals surface area contributed by atoms with Crippen LogP contribution in [0.25, 0.3) is 0 Å². The Morgan fingerprint density at radius 1 is 1.50 bits per heavy atom. The van der Waals surface area contributed by atoms with E-state index in [9.17, 15) is 4.79 Å². The first kappa shape index (κ1) is 11.6. The third kappa shape index (κ3) is 2.64. The van der Waals surface area contributed by atoms with Crippen molar-refractivity contribution in [1.29, 1.82) is 0 Å². The van der Waals surface area contributed by atoms with Gasteiger partial charge in [0.2, 0.25) is 0 Å². The number of hydrogen-bond donors (Lipinski definition) is 0. The number of halogens is 1. The summed E-state index contributed by atoms with van der Waals surface area (Å²) in [6, 6.07) is 5.84. The Morgan fingerprint density at radius 3 is 2.75 bits per heavy atom. The fraction of sp³-hybridized carbons (Fsp3) is 0.462. The van der Waals surface area contributed by atoms with Gasteiger partial charge in [-0.15, -0.1) is 0 Å². The lowest BCUT2D eigenvalue weighted by molar-refractivity contribution is 0.101. The zero-order chi connectivity index (χ0) is 11.7. The molecule has 2 rings (SSSR count). The standard InChI is InChI=1S/C13H16BrNO/c1-9(16)12-6-5-11(14)7-13(12)15(2)8-10-3-4-10/h5-7,10H,3-4,8H2,1-2H3. The molecule has 0 aliphatic heterocycles. The van der Waals surface area contributed by atoms with Crippen LogP contribution < -0.4 is 4.90 Å². The van der Waals surface area contributed by atoms with E-state index in [1.165, 1.54) is 12.8 Å². The van der Waals surface area contributed by atoms with Crippen molar-refractivity contribution in [3.8, 4) is 0 Å². The Morgan fingerprint density at radius 2 is 2.19 bits per heavy atom. The van der Waals surface area contributed by atoms with Crippen LogP contribution in [0.15, 0.2) is 22.7 Å². The predicted octanol–water partition coefficient (Wildman–Crippen LogP) is 3.50. The lowest BCUT2D eigenvalue weighted by Crippen LogP contribution is -2.22. The first-order chi connectivity index (χ1) is 7.58. The van der Waals surface area contributed by atoms with Gasteiger partial charge in [0.25, 0.3) is 0 Å². The summed E-state index contributed by atoms with van der Waals surface area (Å²) in [5.74, 6) is 0.953. The lowest BCUT2D eigenvalue weighted by Gasteiger charge is -2.21. The van der Waals surface area contributed by atoms with E-state index in [1.807, 2.05) is 18.2 Å². The Kier molecular flexibility index (Phi) is 3.33. The molecule has 0 radical (unpaired) electrons. The fourth-order valence-electron chi connectivity index (χ4n) is 1.90. The molecule has 1 aliphatic rings. The van der Waals surface area contributed by atoms with Crippen molar-refractivity contribution in [3.05, 3.63) is 28.2 Å². The summed E-state index contributed by atoms with van der Waals surface area (Å²) in [5.41, 5.74) is 1.85. The predicted molar refractivity (Wildman–Crippen MR) is 70.1 cm³/mol. The van der Waals surface area contributed by atoms with Gasteiger partial charge in [0.05, 0.1) is 0 Å². The van der Waals surface area contributed by atoms with E-state index in [4.69, 9.17) is 0 Å². The summed E-state index contributed by atoms with van der Waals surface area (Å²) < 4.78 is 1.02. The summed E-state index contributed by atoms with van der Waals surface area (Å²) in [5, 5.41) is 0. The maximum atomic E-state index is 11.5. The van der Waals surface area contributed by atoms with Crippen molar-refractivity contribution in [2.45, 2.75) is 19.8 Å². The zero-order valence-corrected chi connectivity index (χ0v) is 11.3. The van der Waals surface area contributed by atoms with E-state index >= 15 is 0 Å². The number of rotatable bonds is 4. The molecule has 0 aromatic heterocycles. The highest BCUT2D eigenvalue weighted by atomic mass is 79.9. The highest BCUT2D eigenvalue weighted by Crippen LogP contribution is 2.32. The first-order valence-electron chi connectivity index (χ1n) is 5.59. The van der Waals surface area contributed by atoms with Crippen LogP contribution in [-0.2, 0) is 0 Å². The molecule has 1 aromatic rings. The third-order valence-corrected chi connectivity index (χ3v) is 3.47. The summed E-state index contributed by atoms with van der Waals surface area (Å²) in [6.45, 7) is 2.68. The number of benzene rings is 1. The van der Waals surface area contributed by atoms with E-state index in [-0.39, 0.29) is 5.78 Å². The molecule has 2 nitrogen and oxygen atoms in total. The van der Waals surface area contributed by atoms with Crippen LogP contribution in [0.2, 0.25) is 0 Å². The minimum atomic E-state index is 0.130. The molecule has 0 spiro atoms. The summed E-state index contributed by atoms with van der Waals surface area (Å²) >= 11 is 3.46. The molecule has 3 heteroatoms. The first-order valence-corrected chi connectivity index (χ1v) is 6.39. The second-order valence-electron chi connectivity index (χ2n) is 4.54. The number of hydrogen-bond acceptors (Lipinski definition) is 2. The molecular formula is C13H16BrNO. The Labute approximate surface area is 105 Å². The molecule has 0 bridgehead atoms. The van der Waals surface area contributed by atoms with Gasteiger partial charge in [-0.05, 0) is 43.9 Å². The van der Waals surface area contributed by atoms with Crippen LogP contribution in [-0.4, -0.2) is 19.4 Å². The molecule has 0 amide bonds. The maximum absolute atomic E-state index is 11.5. The molecule has 1 aliphatic carbocycles.